The number of nitrogens with zero attached hydrogens (tertiary/aromatic N) is 2. The van der Waals surface area contributed by atoms with Gasteiger partial charge in [-0.25, -0.2) is 9.97 Å². The molecule has 0 spiro atoms. The van der Waals surface area contributed by atoms with Crippen molar-refractivity contribution in [2.24, 2.45) is 0 Å². The second kappa shape index (κ2) is 6.81. The van der Waals surface area contributed by atoms with Crippen LogP contribution in [0, 0.1) is 0 Å². The van der Waals surface area contributed by atoms with E-state index in [1.165, 1.54) is 19.3 Å². The first-order valence-corrected chi connectivity index (χ1v) is 7.19. The van der Waals surface area contributed by atoms with Gasteiger partial charge in [-0.3, -0.25) is 4.79 Å². The zero-order chi connectivity index (χ0) is 13.7. The second-order valence-corrected chi connectivity index (χ2v) is 5.40. The summed E-state index contributed by atoms with van der Waals surface area (Å²) >= 11 is 3.16. The number of hydrogen-bond acceptors (Lipinski definition) is 5. The lowest BCUT2D eigenvalue weighted by Crippen LogP contribution is -2.28. The summed E-state index contributed by atoms with van der Waals surface area (Å²) < 4.78 is 0.602. The molecule has 1 amide bonds. The van der Waals surface area contributed by atoms with Crippen LogP contribution in [0.3, 0.4) is 0 Å². The van der Waals surface area contributed by atoms with E-state index in [2.05, 4.69) is 36.5 Å². The molecule has 6 nitrogen and oxygen atoms in total. The number of anilines is 2. The standard InChI is InChI=1S/C6H5BrN4O.C6H12O/c7-3-1-8-5-6(10-3)11-4(12)2-9-5;7-6-4-2-1-3-5-6/h1H,2H2,(H,8,9)(H,10,11,12);6-7H,1-5H2. The fourth-order valence-electron chi connectivity index (χ4n) is 2.01. The highest BCUT2D eigenvalue weighted by atomic mass is 79.9. The summed E-state index contributed by atoms with van der Waals surface area (Å²) in [6.07, 6.45) is 7.50. The first-order valence-electron chi connectivity index (χ1n) is 6.39. The highest BCUT2D eigenvalue weighted by molar-refractivity contribution is 9.10. The number of aliphatic hydroxyl groups excluding tert-OH is 1. The Labute approximate surface area is 120 Å². The van der Waals surface area contributed by atoms with Crippen molar-refractivity contribution < 1.29 is 9.90 Å². The number of carbonyl (C=O) groups is 1. The third-order valence-electron chi connectivity index (χ3n) is 2.99. The molecule has 1 aromatic rings. The lowest BCUT2D eigenvalue weighted by atomic mass is 9.98. The summed E-state index contributed by atoms with van der Waals surface area (Å²) in [6, 6.07) is 0. The van der Waals surface area contributed by atoms with E-state index in [1.54, 1.807) is 6.20 Å². The van der Waals surface area contributed by atoms with E-state index in [-0.39, 0.29) is 18.6 Å². The lowest BCUT2D eigenvalue weighted by Gasteiger charge is -2.15. The van der Waals surface area contributed by atoms with Gasteiger partial charge in [0.2, 0.25) is 5.91 Å². The van der Waals surface area contributed by atoms with Crippen molar-refractivity contribution in [3.05, 3.63) is 10.8 Å². The zero-order valence-corrected chi connectivity index (χ0v) is 12.1. The van der Waals surface area contributed by atoms with Crippen LogP contribution < -0.4 is 10.6 Å². The van der Waals surface area contributed by atoms with Gasteiger partial charge in [0.15, 0.2) is 11.6 Å². The summed E-state index contributed by atoms with van der Waals surface area (Å²) in [7, 11) is 0. The van der Waals surface area contributed by atoms with Gasteiger partial charge in [0.25, 0.3) is 0 Å². The molecule has 104 valence electrons. The monoisotopic (exact) mass is 328 g/mol. The van der Waals surface area contributed by atoms with Crippen LogP contribution in [0.4, 0.5) is 11.6 Å². The first-order chi connectivity index (χ1) is 9.15. The Morgan fingerprint density at radius 1 is 1.26 bits per heavy atom. The number of nitrogens with one attached hydrogen (secondary N) is 2. The molecule has 1 fully saturated rings. The molecule has 3 rings (SSSR count). The van der Waals surface area contributed by atoms with Gasteiger partial charge in [-0.05, 0) is 28.8 Å². The smallest absolute Gasteiger partial charge is 0.244 e. The van der Waals surface area contributed by atoms with Crippen molar-refractivity contribution in [1.29, 1.82) is 0 Å². The first kappa shape index (κ1) is 14.2. The van der Waals surface area contributed by atoms with Crippen LogP contribution in [-0.2, 0) is 4.79 Å². The number of halogens is 1. The Morgan fingerprint density at radius 3 is 2.63 bits per heavy atom. The zero-order valence-electron chi connectivity index (χ0n) is 10.5. The molecule has 2 aliphatic rings. The largest absolute Gasteiger partial charge is 0.393 e. The molecular formula is C12H17BrN4O2. The van der Waals surface area contributed by atoms with E-state index in [0.717, 1.165) is 12.8 Å². The third-order valence-corrected chi connectivity index (χ3v) is 3.37. The Morgan fingerprint density at radius 2 is 2.00 bits per heavy atom. The minimum absolute atomic E-state index is 0.0359. The van der Waals surface area contributed by atoms with Crippen molar-refractivity contribution in [2.75, 3.05) is 17.2 Å². The number of fused-ring (bicyclic) bond motifs is 1. The van der Waals surface area contributed by atoms with Crippen molar-refractivity contribution in [3.8, 4) is 0 Å². The van der Waals surface area contributed by atoms with E-state index in [9.17, 15) is 4.79 Å². The molecule has 1 aliphatic heterocycles. The van der Waals surface area contributed by atoms with Gasteiger partial charge in [-0.2, -0.15) is 0 Å². The number of rotatable bonds is 0. The quantitative estimate of drug-likeness (QED) is 0.677. The molecule has 0 unspecified atom stereocenters. The van der Waals surface area contributed by atoms with Crippen molar-refractivity contribution >= 4 is 33.5 Å². The lowest BCUT2D eigenvalue weighted by molar-refractivity contribution is -0.114. The van der Waals surface area contributed by atoms with Crippen LogP contribution in [0.15, 0.2) is 10.8 Å². The molecule has 0 radical (unpaired) electrons. The fourth-order valence-corrected chi connectivity index (χ4v) is 2.29. The number of aliphatic hydroxyl groups is 1. The van der Waals surface area contributed by atoms with Crippen LogP contribution in [0.25, 0.3) is 0 Å². The highest BCUT2D eigenvalue weighted by Crippen LogP contribution is 2.20. The minimum Gasteiger partial charge on any atom is -0.393 e. The molecule has 2 heterocycles. The molecule has 0 aromatic carbocycles. The SMILES string of the molecule is O=C1CNc2ncc(Br)nc2N1.OC1CCCCC1. The van der Waals surface area contributed by atoms with Crippen LogP contribution in [0.5, 0.6) is 0 Å². The predicted molar refractivity (Wildman–Crippen MR) is 75.9 cm³/mol. The maximum absolute atomic E-state index is 10.9. The Bertz CT molecular complexity index is 449. The van der Waals surface area contributed by atoms with Gasteiger partial charge in [-0.15, -0.1) is 0 Å². The molecule has 0 saturated heterocycles. The molecule has 1 aliphatic carbocycles. The predicted octanol–water partition coefficient (Wildman–Crippen LogP) is 1.91. The summed E-state index contributed by atoms with van der Waals surface area (Å²) in [5.74, 6) is 0.980. The Hall–Kier alpha value is -1.21. The fraction of sp³-hybridized carbons (Fsp3) is 0.583. The summed E-state index contributed by atoms with van der Waals surface area (Å²) in [6.45, 7) is 0.253. The van der Waals surface area contributed by atoms with Gasteiger partial charge >= 0.3 is 0 Å². The number of aromatic nitrogens is 2. The minimum atomic E-state index is -0.102. The van der Waals surface area contributed by atoms with Crippen LogP contribution >= 0.6 is 15.9 Å². The van der Waals surface area contributed by atoms with E-state index in [4.69, 9.17) is 5.11 Å². The Kier molecular flexibility index (Phi) is 5.09. The van der Waals surface area contributed by atoms with Crippen molar-refractivity contribution in [3.63, 3.8) is 0 Å². The van der Waals surface area contributed by atoms with Crippen molar-refractivity contribution in [2.45, 2.75) is 38.2 Å². The topological polar surface area (TPSA) is 87.1 Å². The summed E-state index contributed by atoms with van der Waals surface area (Å²) in [5.41, 5.74) is 0. The molecule has 19 heavy (non-hydrogen) atoms. The van der Waals surface area contributed by atoms with Crippen molar-refractivity contribution in [1.82, 2.24) is 9.97 Å². The molecule has 3 N–H and O–H groups in total. The highest BCUT2D eigenvalue weighted by Gasteiger charge is 2.15. The normalized spacial score (nSPS) is 18.5. The van der Waals surface area contributed by atoms with Gasteiger partial charge in [0.05, 0.1) is 18.8 Å². The summed E-state index contributed by atoms with van der Waals surface area (Å²) in [4.78, 5) is 18.9. The summed E-state index contributed by atoms with van der Waals surface area (Å²) in [5, 5.41) is 14.3. The second-order valence-electron chi connectivity index (χ2n) is 4.58. The van der Waals surface area contributed by atoms with Crippen LogP contribution in [-0.4, -0.2) is 33.6 Å². The van der Waals surface area contributed by atoms with Gasteiger partial charge in [0, 0.05) is 0 Å². The molecular weight excluding hydrogens is 312 g/mol. The maximum Gasteiger partial charge on any atom is 0.244 e. The number of amides is 1. The van der Waals surface area contributed by atoms with E-state index in [0.29, 0.717) is 16.2 Å². The van der Waals surface area contributed by atoms with Gasteiger partial charge in [0.1, 0.15) is 4.60 Å². The molecule has 0 bridgehead atoms. The average Bonchev–Trinajstić information content (AvgIpc) is 2.40. The third kappa shape index (κ3) is 4.43. The average molecular weight is 329 g/mol. The van der Waals surface area contributed by atoms with Gasteiger partial charge < -0.3 is 15.7 Å². The van der Waals surface area contributed by atoms with E-state index >= 15 is 0 Å². The van der Waals surface area contributed by atoms with Crippen LogP contribution in [0.1, 0.15) is 32.1 Å². The number of hydrogen-bond donors (Lipinski definition) is 3. The molecule has 0 atom stereocenters. The van der Waals surface area contributed by atoms with E-state index in [1.807, 2.05) is 0 Å². The van der Waals surface area contributed by atoms with E-state index < -0.39 is 0 Å². The molecule has 1 aromatic heterocycles. The van der Waals surface area contributed by atoms with Gasteiger partial charge in [-0.1, -0.05) is 19.3 Å². The molecule has 1 saturated carbocycles. The molecule has 7 heteroatoms. The maximum atomic E-state index is 10.9. The number of carbonyl (C=O) groups excluding carboxylic acids is 1. The van der Waals surface area contributed by atoms with Crippen LogP contribution in [0.2, 0.25) is 0 Å². The Balaban J connectivity index is 0.000000163.